The Kier molecular flexibility index (Phi) is 5.30. The van der Waals surface area contributed by atoms with E-state index in [0.717, 1.165) is 22.9 Å². The van der Waals surface area contributed by atoms with Crippen LogP contribution in [0.15, 0.2) is 30.3 Å². The Balaban J connectivity index is 1.73. The van der Waals surface area contributed by atoms with Crippen molar-refractivity contribution in [2.75, 3.05) is 29.6 Å². The summed E-state index contributed by atoms with van der Waals surface area (Å²) in [4.78, 5) is 23.4. The molecule has 0 radical (unpaired) electrons. The predicted octanol–water partition coefficient (Wildman–Crippen LogP) is 3.20. The van der Waals surface area contributed by atoms with Crippen LogP contribution in [-0.4, -0.2) is 39.8 Å². The summed E-state index contributed by atoms with van der Waals surface area (Å²) in [5.41, 5.74) is 4.58. The average molecular weight is 379 g/mol. The van der Waals surface area contributed by atoms with Gasteiger partial charge in [-0.3, -0.25) is 9.48 Å². The number of nitrogens with zero attached hydrogens (tertiary/aromatic N) is 5. The first-order valence-corrected chi connectivity index (χ1v) is 8.96. The normalized spacial score (nSPS) is 10.6. The lowest BCUT2D eigenvalue weighted by molar-refractivity contribution is 0.102. The maximum Gasteiger partial charge on any atom is 0.259 e. The van der Waals surface area contributed by atoms with Gasteiger partial charge in [0.2, 0.25) is 5.95 Å². The number of anilines is 4. The number of amides is 1. The van der Waals surface area contributed by atoms with Gasteiger partial charge in [0.15, 0.2) is 0 Å². The van der Waals surface area contributed by atoms with Gasteiger partial charge in [-0.15, -0.1) is 0 Å². The molecule has 3 rings (SSSR count). The molecule has 0 aliphatic rings. The Morgan fingerprint density at radius 3 is 2.25 bits per heavy atom. The zero-order valence-corrected chi connectivity index (χ0v) is 17.0. The highest BCUT2D eigenvalue weighted by Crippen LogP contribution is 2.20. The Morgan fingerprint density at radius 2 is 1.68 bits per heavy atom. The Labute approximate surface area is 164 Å². The summed E-state index contributed by atoms with van der Waals surface area (Å²) in [6.45, 7) is 5.64. The van der Waals surface area contributed by atoms with E-state index in [4.69, 9.17) is 0 Å². The quantitative estimate of drug-likeness (QED) is 0.708. The van der Waals surface area contributed by atoms with Gasteiger partial charge in [0.05, 0.1) is 11.3 Å². The molecule has 146 valence electrons. The molecular weight excluding hydrogens is 354 g/mol. The minimum atomic E-state index is -0.165. The van der Waals surface area contributed by atoms with Gasteiger partial charge in [-0.05, 0) is 45.0 Å². The van der Waals surface area contributed by atoms with E-state index in [1.807, 2.05) is 77.1 Å². The van der Waals surface area contributed by atoms with Crippen LogP contribution in [-0.2, 0) is 7.05 Å². The fourth-order valence-electron chi connectivity index (χ4n) is 2.90. The Bertz CT molecular complexity index is 1010. The molecule has 2 heterocycles. The molecule has 0 spiro atoms. The fourth-order valence-corrected chi connectivity index (χ4v) is 2.90. The third-order valence-corrected chi connectivity index (χ3v) is 4.43. The topological polar surface area (TPSA) is 88.0 Å². The largest absolute Gasteiger partial charge is 0.363 e. The van der Waals surface area contributed by atoms with E-state index in [2.05, 4.69) is 25.7 Å². The van der Waals surface area contributed by atoms with E-state index < -0.39 is 0 Å². The van der Waals surface area contributed by atoms with Crippen molar-refractivity contribution >= 4 is 29.0 Å². The number of nitrogens with one attached hydrogen (secondary N) is 2. The van der Waals surface area contributed by atoms with E-state index >= 15 is 0 Å². The molecular formula is C20H25N7O. The number of aromatic nitrogens is 4. The van der Waals surface area contributed by atoms with Crippen molar-refractivity contribution in [3.63, 3.8) is 0 Å². The number of rotatable bonds is 5. The lowest BCUT2D eigenvalue weighted by atomic mass is 10.2. The van der Waals surface area contributed by atoms with Crippen LogP contribution in [0.1, 0.15) is 27.4 Å². The van der Waals surface area contributed by atoms with Crippen LogP contribution in [0.2, 0.25) is 0 Å². The molecule has 0 atom stereocenters. The summed E-state index contributed by atoms with van der Waals surface area (Å²) in [6, 6.07) is 9.35. The SMILES string of the molecule is Cc1cc(N(C)C)nc(Nc2ccc(NC(=O)c3c(C)nn(C)c3C)cc2)n1. The smallest absolute Gasteiger partial charge is 0.259 e. The molecule has 0 fully saturated rings. The minimum absolute atomic E-state index is 0.165. The lowest BCUT2D eigenvalue weighted by Crippen LogP contribution is -2.14. The molecule has 28 heavy (non-hydrogen) atoms. The summed E-state index contributed by atoms with van der Waals surface area (Å²) in [5, 5.41) is 10.4. The van der Waals surface area contributed by atoms with E-state index in [9.17, 15) is 4.79 Å². The monoisotopic (exact) mass is 379 g/mol. The van der Waals surface area contributed by atoms with Crippen LogP contribution < -0.4 is 15.5 Å². The van der Waals surface area contributed by atoms with E-state index in [0.29, 0.717) is 22.9 Å². The van der Waals surface area contributed by atoms with Crippen molar-refractivity contribution in [3.8, 4) is 0 Å². The molecule has 3 aromatic rings. The number of aryl methyl sites for hydroxylation is 3. The predicted molar refractivity (Wildman–Crippen MR) is 111 cm³/mol. The maximum atomic E-state index is 12.6. The molecule has 1 aromatic carbocycles. The third kappa shape index (κ3) is 4.11. The van der Waals surface area contributed by atoms with Gasteiger partial charge in [0.1, 0.15) is 5.82 Å². The molecule has 1 amide bonds. The van der Waals surface area contributed by atoms with Gasteiger partial charge in [-0.25, -0.2) is 4.98 Å². The second-order valence-electron chi connectivity index (χ2n) is 6.91. The summed E-state index contributed by atoms with van der Waals surface area (Å²) in [6.07, 6.45) is 0. The molecule has 8 nitrogen and oxygen atoms in total. The van der Waals surface area contributed by atoms with Crippen molar-refractivity contribution < 1.29 is 4.79 Å². The van der Waals surface area contributed by atoms with Gasteiger partial charge >= 0.3 is 0 Å². The van der Waals surface area contributed by atoms with E-state index in [1.165, 1.54) is 0 Å². The number of hydrogen-bond donors (Lipinski definition) is 2. The van der Waals surface area contributed by atoms with Gasteiger partial charge in [0, 0.05) is 50.0 Å². The van der Waals surface area contributed by atoms with Gasteiger partial charge in [-0.2, -0.15) is 10.1 Å². The summed E-state index contributed by atoms with van der Waals surface area (Å²) in [7, 11) is 5.71. The highest BCUT2D eigenvalue weighted by atomic mass is 16.1. The van der Waals surface area contributed by atoms with Crippen LogP contribution in [0.5, 0.6) is 0 Å². The zero-order valence-electron chi connectivity index (χ0n) is 17.0. The Hall–Kier alpha value is -3.42. The Morgan fingerprint density at radius 1 is 1.04 bits per heavy atom. The number of benzene rings is 1. The van der Waals surface area contributed by atoms with Gasteiger partial charge < -0.3 is 15.5 Å². The molecule has 0 aliphatic heterocycles. The van der Waals surface area contributed by atoms with Crippen LogP contribution in [0.3, 0.4) is 0 Å². The summed E-state index contributed by atoms with van der Waals surface area (Å²) in [5.74, 6) is 1.20. The minimum Gasteiger partial charge on any atom is -0.363 e. The maximum absolute atomic E-state index is 12.6. The lowest BCUT2D eigenvalue weighted by Gasteiger charge is -2.14. The van der Waals surface area contributed by atoms with Crippen molar-refractivity contribution in [2.45, 2.75) is 20.8 Å². The van der Waals surface area contributed by atoms with Crippen LogP contribution >= 0.6 is 0 Å². The van der Waals surface area contributed by atoms with Gasteiger partial charge in [0.25, 0.3) is 5.91 Å². The molecule has 2 aromatic heterocycles. The summed E-state index contributed by atoms with van der Waals surface area (Å²) >= 11 is 0. The third-order valence-electron chi connectivity index (χ3n) is 4.43. The highest BCUT2D eigenvalue weighted by molar-refractivity contribution is 6.05. The second-order valence-corrected chi connectivity index (χ2v) is 6.91. The van der Waals surface area contributed by atoms with Crippen molar-refractivity contribution in [1.29, 1.82) is 0 Å². The van der Waals surface area contributed by atoms with Crippen LogP contribution in [0, 0.1) is 20.8 Å². The fraction of sp³-hybridized carbons (Fsp3) is 0.300. The molecule has 0 unspecified atom stereocenters. The van der Waals surface area contributed by atoms with E-state index in [1.54, 1.807) is 4.68 Å². The highest BCUT2D eigenvalue weighted by Gasteiger charge is 2.17. The van der Waals surface area contributed by atoms with E-state index in [-0.39, 0.29) is 5.91 Å². The number of carbonyl (C=O) groups is 1. The first kappa shape index (κ1) is 19.3. The molecule has 0 saturated heterocycles. The van der Waals surface area contributed by atoms with Gasteiger partial charge in [-0.1, -0.05) is 0 Å². The van der Waals surface area contributed by atoms with Crippen molar-refractivity contribution in [1.82, 2.24) is 19.7 Å². The second kappa shape index (κ2) is 7.67. The van der Waals surface area contributed by atoms with Crippen LogP contribution in [0.4, 0.5) is 23.1 Å². The van der Waals surface area contributed by atoms with Crippen molar-refractivity contribution in [3.05, 3.63) is 53.0 Å². The van der Waals surface area contributed by atoms with Crippen molar-refractivity contribution in [2.24, 2.45) is 7.05 Å². The number of carbonyl (C=O) groups excluding carboxylic acids is 1. The average Bonchev–Trinajstić information content (AvgIpc) is 2.88. The van der Waals surface area contributed by atoms with Crippen LogP contribution in [0.25, 0.3) is 0 Å². The molecule has 0 bridgehead atoms. The number of hydrogen-bond acceptors (Lipinski definition) is 6. The molecule has 8 heteroatoms. The zero-order chi connectivity index (χ0) is 20.4. The molecule has 2 N–H and O–H groups in total. The first-order valence-electron chi connectivity index (χ1n) is 8.96. The first-order chi connectivity index (χ1) is 13.2. The molecule has 0 aliphatic carbocycles. The standard InChI is InChI=1S/C20H25N7O/c1-12-11-17(26(4)5)24-20(21-12)23-16-9-7-15(8-10-16)22-19(28)18-13(2)25-27(6)14(18)3/h7-11H,1-6H3,(H,22,28)(H,21,23,24). The molecule has 0 saturated carbocycles. The summed E-state index contributed by atoms with van der Waals surface area (Å²) < 4.78 is 1.71.